The summed E-state index contributed by atoms with van der Waals surface area (Å²) in [6.07, 6.45) is 0. The van der Waals surface area contributed by atoms with Gasteiger partial charge in [-0.25, -0.2) is 9.37 Å². The maximum Gasteiger partial charge on any atom is 0.209 e. The van der Waals surface area contributed by atoms with Crippen molar-refractivity contribution in [1.29, 1.82) is 0 Å². The average molecular weight is 299 g/mol. The summed E-state index contributed by atoms with van der Waals surface area (Å²) in [5, 5.41) is 7.54. The van der Waals surface area contributed by atoms with E-state index in [9.17, 15) is 4.39 Å². The van der Waals surface area contributed by atoms with Crippen molar-refractivity contribution in [1.82, 2.24) is 15.2 Å². The predicted molar refractivity (Wildman–Crippen MR) is 82.5 cm³/mol. The molecule has 0 unspecified atom stereocenters. The Balaban J connectivity index is 1.72. The van der Waals surface area contributed by atoms with Gasteiger partial charge in [-0.2, -0.15) is 0 Å². The summed E-state index contributed by atoms with van der Waals surface area (Å²) in [6, 6.07) is 14.8. The molecule has 0 saturated heterocycles. The zero-order chi connectivity index (χ0) is 14.7. The minimum atomic E-state index is -0.302. The molecule has 3 aromatic rings. The van der Waals surface area contributed by atoms with Gasteiger partial charge in [0.25, 0.3) is 0 Å². The molecular weight excluding hydrogens is 285 g/mol. The highest BCUT2D eigenvalue weighted by Gasteiger charge is 2.10. The number of nitrogens with zero attached hydrogens (tertiary/aromatic N) is 2. The van der Waals surface area contributed by atoms with Crippen LogP contribution in [0.5, 0.6) is 0 Å². The lowest BCUT2D eigenvalue weighted by Gasteiger charge is -1.99. The van der Waals surface area contributed by atoms with Crippen molar-refractivity contribution in [2.24, 2.45) is 0 Å². The van der Waals surface area contributed by atoms with Crippen LogP contribution in [0.3, 0.4) is 0 Å². The van der Waals surface area contributed by atoms with Crippen LogP contribution in [-0.2, 0) is 5.75 Å². The van der Waals surface area contributed by atoms with Gasteiger partial charge < -0.3 is 0 Å². The van der Waals surface area contributed by atoms with Gasteiger partial charge in [-0.05, 0) is 24.6 Å². The SMILES string of the molecule is Cc1cccc(CSc2n[nH]c(-c3ccccc3F)n2)c1. The summed E-state index contributed by atoms with van der Waals surface area (Å²) < 4.78 is 13.7. The topological polar surface area (TPSA) is 41.6 Å². The molecule has 0 spiro atoms. The molecule has 0 fully saturated rings. The van der Waals surface area contributed by atoms with Crippen molar-refractivity contribution in [3.8, 4) is 11.4 Å². The molecule has 21 heavy (non-hydrogen) atoms. The Morgan fingerprint density at radius 1 is 1.14 bits per heavy atom. The maximum atomic E-state index is 13.7. The number of aromatic nitrogens is 3. The van der Waals surface area contributed by atoms with Crippen LogP contribution in [0.15, 0.2) is 53.7 Å². The van der Waals surface area contributed by atoms with Crippen LogP contribution >= 0.6 is 11.8 Å². The van der Waals surface area contributed by atoms with Gasteiger partial charge in [-0.3, -0.25) is 5.10 Å². The lowest BCUT2D eigenvalue weighted by atomic mass is 10.2. The molecule has 0 amide bonds. The third-order valence-electron chi connectivity index (χ3n) is 3.04. The van der Waals surface area contributed by atoms with E-state index < -0.39 is 0 Å². The average Bonchev–Trinajstić information content (AvgIpc) is 2.94. The van der Waals surface area contributed by atoms with Crippen molar-refractivity contribution in [2.75, 3.05) is 0 Å². The standard InChI is InChI=1S/C16H14FN3S/c1-11-5-4-6-12(9-11)10-21-16-18-15(19-20-16)13-7-2-3-8-14(13)17/h2-9H,10H2,1H3,(H,18,19,20). The van der Waals surface area contributed by atoms with Crippen molar-refractivity contribution in [2.45, 2.75) is 17.8 Å². The van der Waals surface area contributed by atoms with Gasteiger partial charge in [0.15, 0.2) is 5.82 Å². The molecule has 3 rings (SSSR count). The molecule has 5 heteroatoms. The van der Waals surface area contributed by atoms with Gasteiger partial charge in [-0.1, -0.05) is 53.7 Å². The number of benzene rings is 2. The van der Waals surface area contributed by atoms with Crippen molar-refractivity contribution in [3.05, 3.63) is 65.5 Å². The van der Waals surface area contributed by atoms with Crippen LogP contribution < -0.4 is 0 Å². The van der Waals surface area contributed by atoms with E-state index in [-0.39, 0.29) is 5.82 Å². The first kappa shape index (κ1) is 13.8. The number of H-pyrrole nitrogens is 1. The number of aromatic amines is 1. The molecule has 0 aliphatic rings. The molecule has 2 aromatic carbocycles. The van der Waals surface area contributed by atoms with Crippen LogP contribution in [0.1, 0.15) is 11.1 Å². The Morgan fingerprint density at radius 3 is 2.81 bits per heavy atom. The first-order chi connectivity index (χ1) is 10.2. The first-order valence-corrected chi connectivity index (χ1v) is 7.56. The molecule has 1 N–H and O–H groups in total. The number of hydrogen-bond acceptors (Lipinski definition) is 3. The smallest absolute Gasteiger partial charge is 0.209 e. The van der Waals surface area contributed by atoms with Gasteiger partial charge in [0.2, 0.25) is 5.16 Å². The molecule has 0 aliphatic carbocycles. The zero-order valence-electron chi connectivity index (χ0n) is 11.5. The summed E-state index contributed by atoms with van der Waals surface area (Å²) in [6.45, 7) is 2.07. The van der Waals surface area contributed by atoms with Crippen molar-refractivity contribution < 1.29 is 4.39 Å². The van der Waals surface area contributed by atoms with E-state index in [1.54, 1.807) is 18.2 Å². The van der Waals surface area contributed by atoms with Crippen LogP contribution in [0.2, 0.25) is 0 Å². The van der Waals surface area contributed by atoms with Crippen molar-refractivity contribution >= 4 is 11.8 Å². The van der Waals surface area contributed by atoms with E-state index in [4.69, 9.17) is 0 Å². The van der Waals surface area contributed by atoms with Crippen LogP contribution in [0, 0.1) is 12.7 Å². The number of halogens is 1. The Labute approximate surface area is 126 Å². The molecule has 3 nitrogen and oxygen atoms in total. The quantitative estimate of drug-likeness (QED) is 0.734. The van der Waals surface area contributed by atoms with Gasteiger partial charge >= 0.3 is 0 Å². The van der Waals surface area contributed by atoms with Gasteiger partial charge in [-0.15, -0.1) is 5.10 Å². The highest BCUT2D eigenvalue weighted by Crippen LogP contribution is 2.24. The fraction of sp³-hybridized carbons (Fsp3) is 0.125. The second-order valence-electron chi connectivity index (χ2n) is 4.72. The fourth-order valence-corrected chi connectivity index (χ4v) is 2.78. The van der Waals surface area contributed by atoms with E-state index in [0.29, 0.717) is 16.5 Å². The monoisotopic (exact) mass is 299 g/mol. The minimum absolute atomic E-state index is 0.302. The second-order valence-corrected chi connectivity index (χ2v) is 5.67. The van der Waals surface area contributed by atoms with Gasteiger partial charge in [0.1, 0.15) is 5.82 Å². The number of hydrogen-bond donors (Lipinski definition) is 1. The molecular formula is C16H14FN3S. The minimum Gasteiger partial charge on any atom is -0.258 e. The maximum absolute atomic E-state index is 13.7. The molecule has 0 bridgehead atoms. The normalized spacial score (nSPS) is 10.8. The lowest BCUT2D eigenvalue weighted by molar-refractivity contribution is 0.630. The summed E-state index contributed by atoms with van der Waals surface area (Å²) in [5.74, 6) is 0.944. The number of aryl methyl sites for hydroxylation is 1. The van der Waals surface area contributed by atoms with E-state index >= 15 is 0 Å². The molecule has 1 aromatic heterocycles. The second kappa shape index (κ2) is 6.10. The fourth-order valence-electron chi connectivity index (χ4n) is 2.03. The molecule has 0 atom stereocenters. The molecule has 1 heterocycles. The van der Waals surface area contributed by atoms with E-state index in [0.717, 1.165) is 5.75 Å². The number of nitrogens with one attached hydrogen (secondary N) is 1. The third kappa shape index (κ3) is 3.31. The summed E-state index contributed by atoms with van der Waals surface area (Å²) >= 11 is 1.53. The third-order valence-corrected chi connectivity index (χ3v) is 3.96. The van der Waals surface area contributed by atoms with Gasteiger partial charge in [0.05, 0.1) is 5.56 Å². The van der Waals surface area contributed by atoms with Crippen molar-refractivity contribution in [3.63, 3.8) is 0 Å². The highest BCUT2D eigenvalue weighted by molar-refractivity contribution is 7.98. The molecule has 0 saturated carbocycles. The molecule has 0 aliphatic heterocycles. The Hall–Kier alpha value is -2.14. The van der Waals surface area contributed by atoms with Crippen LogP contribution in [0.25, 0.3) is 11.4 Å². The Bertz CT molecular complexity index is 755. The Kier molecular flexibility index (Phi) is 4.01. The largest absolute Gasteiger partial charge is 0.258 e. The molecule has 106 valence electrons. The predicted octanol–water partition coefficient (Wildman–Crippen LogP) is 4.21. The van der Waals surface area contributed by atoms with E-state index in [1.807, 2.05) is 6.07 Å². The number of thioether (sulfide) groups is 1. The lowest BCUT2D eigenvalue weighted by Crippen LogP contribution is -1.85. The highest BCUT2D eigenvalue weighted by atomic mass is 32.2. The van der Waals surface area contributed by atoms with Crippen LogP contribution in [0.4, 0.5) is 4.39 Å². The van der Waals surface area contributed by atoms with E-state index in [1.165, 1.54) is 29.0 Å². The number of rotatable bonds is 4. The Morgan fingerprint density at radius 2 is 2.00 bits per heavy atom. The van der Waals surface area contributed by atoms with Gasteiger partial charge in [0, 0.05) is 5.75 Å². The first-order valence-electron chi connectivity index (χ1n) is 6.58. The summed E-state index contributed by atoms with van der Waals surface area (Å²) in [5.41, 5.74) is 2.89. The van der Waals surface area contributed by atoms with Crippen LogP contribution in [-0.4, -0.2) is 15.2 Å². The van der Waals surface area contributed by atoms with E-state index in [2.05, 4.69) is 40.3 Å². The summed E-state index contributed by atoms with van der Waals surface area (Å²) in [4.78, 5) is 4.34. The molecule has 0 radical (unpaired) electrons. The summed E-state index contributed by atoms with van der Waals surface area (Å²) in [7, 11) is 0. The zero-order valence-corrected chi connectivity index (χ0v) is 12.3.